The molecule has 0 bridgehead atoms. The topological polar surface area (TPSA) is 77.2 Å². The van der Waals surface area contributed by atoms with E-state index in [1.54, 1.807) is 12.5 Å². The number of aromatic nitrogens is 2. The molecule has 0 aliphatic carbocycles. The van der Waals surface area contributed by atoms with Gasteiger partial charge in [-0.15, -0.1) is 11.3 Å². The highest BCUT2D eigenvalue weighted by Gasteiger charge is 2.12. The maximum atomic E-state index is 12.0. The van der Waals surface area contributed by atoms with Crippen molar-refractivity contribution < 1.29 is 13.9 Å². The molecule has 2 heterocycles. The lowest BCUT2D eigenvalue weighted by molar-refractivity contribution is 0.0944. The second-order valence-electron chi connectivity index (χ2n) is 5.42. The number of carbonyl (C=O) groups excluding carboxylic acids is 1. The maximum absolute atomic E-state index is 12.0. The third-order valence-electron chi connectivity index (χ3n) is 3.52. The molecule has 3 rings (SSSR count). The highest BCUT2D eigenvalue weighted by Crippen LogP contribution is 2.28. The van der Waals surface area contributed by atoms with Crippen LogP contribution in [0.2, 0.25) is 0 Å². The fraction of sp³-hybridized carbons (Fsp3) is 0.353. The number of aryl methyl sites for hydroxylation is 1. The molecule has 0 saturated carbocycles. The van der Waals surface area contributed by atoms with E-state index in [9.17, 15) is 4.79 Å². The van der Waals surface area contributed by atoms with Crippen molar-refractivity contribution in [3.05, 3.63) is 39.8 Å². The minimum atomic E-state index is -0.152. The highest BCUT2D eigenvalue weighted by molar-refractivity contribution is 7.98. The first-order chi connectivity index (χ1) is 12.2. The Labute approximate surface area is 154 Å². The van der Waals surface area contributed by atoms with Crippen LogP contribution in [0.3, 0.4) is 0 Å². The smallest absolute Gasteiger partial charge is 0.270 e. The maximum Gasteiger partial charge on any atom is 0.270 e. The van der Waals surface area contributed by atoms with E-state index in [4.69, 9.17) is 9.15 Å². The summed E-state index contributed by atoms with van der Waals surface area (Å²) in [5.74, 6) is 0.467. The number of benzene rings is 1. The Bertz CT molecular complexity index is 860. The summed E-state index contributed by atoms with van der Waals surface area (Å²) in [5, 5.41) is 6.09. The average Bonchev–Trinajstić information content (AvgIpc) is 3.24. The lowest BCUT2D eigenvalue weighted by atomic mass is 10.2. The molecule has 0 fully saturated rings. The molecule has 1 aromatic carbocycles. The van der Waals surface area contributed by atoms with Crippen molar-refractivity contribution >= 4 is 40.1 Å². The Balaban J connectivity index is 1.55. The summed E-state index contributed by atoms with van der Waals surface area (Å²) in [7, 11) is 1.64. The second kappa shape index (κ2) is 8.46. The SMILES string of the molecule is COCCCNC(=O)c1csc(CSc2nc3c(C)cccc3o2)n1. The largest absolute Gasteiger partial charge is 0.431 e. The van der Waals surface area contributed by atoms with Gasteiger partial charge < -0.3 is 14.5 Å². The van der Waals surface area contributed by atoms with Gasteiger partial charge in [-0.05, 0) is 25.0 Å². The van der Waals surface area contributed by atoms with Gasteiger partial charge in [-0.3, -0.25) is 4.79 Å². The van der Waals surface area contributed by atoms with Crippen molar-refractivity contribution in [3.8, 4) is 0 Å². The first-order valence-corrected chi connectivity index (χ1v) is 9.74. The summed E-state index contributed by atoms with van der Waals surface area (Å²) in [4.78, 5) is 20.9. The van der Waals surface area contributed by atoms with Gasteiger partial charge in [0, 0.05) is 25.6 Å². The zero-order chi connectivity index (χ0) is 17.6. The Hall–Kier alpha value is -1.90. The quantitative estimate of drug-likeness (QED) is 0.477. The fourth-order valence-electron chi connectivity index (χ4n) is 2.24. The van der Waals surface area contributed by atoms with Crippen molar-refractivity contribution in [2.75, 3.05) is 20.3 Å². The summed E-state index contributed by atoms with van der Waals surface area (Å²) >= 11 is 2.94. The van der Waals surface area contributed by atoms with Crippen LogP contribution in [0.1, 0.15) is 27.5 Å². The zero-order valence-electron chi connectivity index (χ0n) is 14.1. The average molecular weight is 377 g/mol. The van der Waals surface area contributed by atoms with Gasteiger partial charge in [0.2, 0.25) is 0 Å². The van der Waals surface area contributed by atoms with Crippen molar-refractivity contribution in [3.63, 3.8) is 0 Å². The molecule has 2 aromatic heterocycles. The molecule has 0 radical (unpaired) electrons. The van der Waals surface area contributed by atoms with Crippen LogP contribution in [0.4, 0.5) is 0 Å². The molecule has 6 nitrogen and oxygen atoms in total. The van der Waals surface area contributed by atoms with Crippen LogP contribution in [0, 0.1) is 6.92 Å². The summed E-state index contributed by atoms with van der Waals surface area (Å²) in [6.07, 6.45) is 0.784. The van der Waals surface area contributed by atoms with E-state index in [0.29, 0.717) is 29.8 Å². The van der Waals surface area contributed by atoms with Crippen molar-refractivity contribution in [1.82, 2.24) is 15.3 Å². The van der Waals surface area contributed by atoms with Gasteiger partial charge in [0.1, 0.15) is 16.2 Å². The zero-order valence-corrected chi connectivity index (χ0v) is 15.7. The number of nitrogens with zero attached hydrogens (tertiary/aromatic N) is 2. The van der Waals surface area contributed by atoms with Gasteiger partial charge in [-0.25, -0.2) is 9.97 Å². The van der Waals surface area contributed by atoms with Crippen LogP contribution in [-0.2, 0) is 10.5 Å². The van der Waals surface area contributed by atoms with E-state index < -0.39 is 0 Å². The van der Waals surface area contributed by atoms with Crippen molar-refractivity contribution in [1.29, 1.82) is 0 Å². The summed E-state index contributed by atoms with van der Waals surface area (Å²) < 4.78 is 10.7. The number of para-hydroxylation sites is 1. The van der Waals surface area contributed by atoms with Gasteiger partial charge in [0.15, 0.2) is 5.58 Å². The van der Waals surface area contributed by atoms with E-state index in [2.05, 4.69) is 15.3 Å². The predicted molar refractivity (Wildman–Crippen MR) is 99.2 cm³/mol. The minimum absolute atomic E-state index is 0.152. The van der Waals surface area contributed by atoms with E-state index in [1.165, 1.54) is 23.1 Å². The van der Waals surface area contributed by atoms with Crippen LogP contribution in [0.5, 0.6) is 0 Å². The van der Waals surface area contributed by atoms with Crippen LogP contribution >= 0.6 is 23.1 Å². The minimum Gasteiger partial charge on any atom is -0.431 e. The molecule has 132 valence electrons. The van der Waals surface area contributed by atoms with Crippen molar-refractivity contribution in [2.24, 2.45) is 0 Å². The Morgan fingerprint density at radius 3 is 3.08 bits per heavy atom. The molecule has 0 aliphatic heterocycles. The van der Waals surface area contributed by atoms with Crippen LogP contribution in [0.25, 0.3) is 11.1 Å². The number of fused-ring (bicyclic) bond motifs is 1. The van der Waals surface area contributed by atoms with Gasteiger partial charge in [0.25, 0.3) is 11.1 Å². The molecule has 0 unspecified atom stereocenters. The molecule has 0 saturated heterocycles. The molecule has 0 spiro atoms. The number of methoxy groups -OCH3 is 1. The second-order valence-corrected chi connectivity index (χ2v) is 7.29. The van der Waals surface area contributed by atoms with Crippen LogP contribution in [0.15, 0.2) is 33.2 Å². The fourth-order valence-corrected chi connectivity index (χ4v) is 3.86. The Kier molecular flexibility index (Phi) is 6.06. The number of thioether (sulfide) groups is 1. The molecule has 1 amide bonds. The molecule has 3 aromatic rings. The lowest BCUT2D eigenvalue weighted by Crippen LogP contribution is -2.25. The van der Waals surface area contributed by atoms with Gasteiger partial charge >= 0.3 is 0 Å². The molecule has 0 atom stereocenters. The third kappa shape index (κ3) is 4.59. The summed E-state index contributed by atoms with van der Waals surface area (Å²) in [5.41, 5.74) is 3.22. The van der Waals surface area contributed by atoms with Gasteiger partial charge in [0.05, 0.1) is 5.75 Å². The number of hydrogen-bond donors (Lipinski definition) is 1. The Morgan fingerprint density at radius 2 is 2.28 bits per heavy atom. The van der Waals surface area contributed by atoms with E-state index >= 15 is 0 Å². The molecule has 0 aliphatic rings. The molecular formula is C17H19N3O3S2. The Morgan fingerprint density at radius 1 is 1.40 bits per heavy atom. The number of hydrogen-bond acceptors (Lipinski definition) is 7. The number of amides is 1. The number of oxazole rings is 1. The predicted octanol–water partition coefficient (Wildman–Crippen LogP) is 3.65. The number of thiazole rings is 1. The summed E-state index contributed by atoms with van der Waals surface area (Å²) in [6.45, 7) is 3.22. The number of carbonyl (C=O) groups is 1. The molecule has 8 heteroatoms. The van der Waals surface area contributed by atoms with Gasteiger partial charge in [-0.1, -0.05) is 23.9 Å². The lowest BCUT2D eigenvalue weighted by Gasteiger charge is -2.01. The van der Waals surface area contributed by atoms with Crippen LogP contribution in [-0.4, -0.2) is 36.1 Å². The monoisotopic (exact) mass is 377 g/mol. The standard InChI is InChI=1S/C17H19N3O3S2/c1-11-5-3-6-13-15(11)20-17(23-13)25-10-14-19-12(9-24-14)16(21)18-7-4-8-22-2/h3,5-6,9H,4,7-8,10H2,1-2H3,(H,18,21). The molecule has 25 heavy (non-hydrogen) atoms. The van der Waals surface area contributed by atoms with Gasteiger partial charge in [-0.2, -0.15) is 0 Å². The third-order valence-corrected chi connectivity index (χ3v) is 5.39. The number of rotatable bonds is 8. The van der Waals surface area contributed by atoms with E-state index in [-0.39, 0.29) is 5.91 Å². The van der Waals surface area contributed by atoms with Crippen molar-refractivity contribution in [2.45, 2.75) is 24.3 Å². The van der Waals surface area contributed by atoms with Crippen LogP contribution < -0.4 is 5.32 Å². The summed E-state index contributed by atoms with van der Waals surface area (Å²) in [6, 6.07) is 5.88. The first-order valence-electron chi connectivity index (χ1n) is 7.88. The molecular weight excluding hydrogens is 358 g/mol. The normalized spacial score (nSPS) is 11.1. The number of nitrogens with one attached hydrogen (secondary N) is 1. The van der Waals surface area contributed by atoms with E-state index in [0.717, 1.165) is 28.1 Å². The van der Waals surface area contributed by atoms with E-state index in [1.807, 2.05) is 25.1 Å². The first kappa shape index (κ1) is 17.9. The number of ether oxygens (including phenoxy) is 1. The highest BCUT2D eigenvalue weighted by atomic mass is 32.2. The molecule has 1 N–H and O–H groups in total.